The van der Waals surface area contributed by atoms with E-state index in [0.717, 1.165) is 6.42 Å². The lowest BCUT2D eigenvalue weighted by molar-refractivity contribution is 1.11. The lowest BCUT2D eigenvalue weighted by atomic mass is 10.0. The van der Waals surface area contributed by atoms with E-state index in [0.29, 0.717) is 0 Å². The van der Waals surface area contributed by atoms with Crippen LogP contribution in [0.4, 0.5) is 5.69 Å². The average Bonchev–Trinajstić information content (AvgIpc) is 2.29. The van der Waals surface area contributed by atoms with Crippen molar-refractivity contribution in [2.75, 3.05) is 19.0 Å². The van der Waals surface area contributed by atoms with Crippen molar-refractivity contribution < 1.29 is 0 Å². The van der Waals surface area contributed by atoms with Gasteiger partial charge in [-0.25, -0.2) is 0 Å². The molecule has 0 radical (unpaired) electrons. The summed E-state index contributed by atoms with van der Waals surface area (Å²) < 4.78 is 0. The van der Waals surface area contributed by atoms with Crippen molar-refractivity contribution in [3.8, 4) is 0 Å². The Bertz CT molecular complexity index is 500. The molecule has 0 atom stereocenters. The van der Waals surface area contributed by atoms with E-state index in [2.05, 4.69) is 74.4 Å². The quantitative estimate of drug-likeness (QED) is 0.770. The van der Waals surface area contributed by atoms with Crippen molar-refractivity contribution in [1.82, 2.24) is 0 Å². The summed E-state index contributed by atoms with van der Waals surface area (Å²) in [4.78, 5) is 2.14. The van der Waals surface area contributed by atoms with Crippen molar-refractivity contribution in [3.63, 3.8) is 0 Å². The molecule has 1 heteroatoms. The normalized spacial score (nSPS) is 10.3. The first-order valence-corrected chi connectivity index (χ1v) is 5.97. The van der Waals surface area contributed by atoms with E-state index >= 15 is 0 Å². The smallest absolute Gasteiger partial charge is 0.0363 e. The molecule has 0 saturated heterocycles. The molecule has 0 aliphatic heterocycles. The van der Waals surface area contributed by atoms with Gasteiger partial charge >= 0.3 is 0 Å². The topological polar surface area (TPSA) is 3.24 Å². The molecule has 0 fully saturated rings. The highest BCUT2D eigenvalue weighted by Crippen LogP contribution is 2.17. The Morgan fingerprint density at radius 1 is 0.882 bits per heavy atom. The molecule has 17 heavy (non-hydrogen) atoms. The van der Waals surface area contributed by atoms with Crippen LogP contribution in [0.3, 0.4) is 0 Å². The zero-order valence-electron chi connectivity index (χ0n) is 10.8. The summed E-state index contributed by atoms with van der Waals surface area (Å²) in [5, 5.41) is 0. The molecule has 0 saturated carbocycles. The Kier molecular flexibility index (Phi) is 3.48. The predicted molar refractivity (Wildman–Crippen MR) is 74.8 cm³/mol. The third kappa shape index (κ3) is 3.10. The number of anilines is 1. The molecule has 0 unspecified atom stereocenters. The SMILES string of the molecule is Cc1cccc(Cc2cccc(N(C)C)c2)c1. The Labute approximate surface area is 104 Å². The molecule has 0 amide bonds. The summed E-state index contributed by atoms with van der Waals surface area (Å²) in [6, 6.07) is 17.4. The van der Waals surface area contributed by atoms with Crippen LogP contribution >= 0.6 is 0 Å². The number of nitrogens with zero attached hydrogens (tertiary/aromatic N) is 1. The van der Waals surface area contributed by atoms with Gasteiger partial charge in [0.2, 0.25) is 0 Å². The minimum Gasteiger partial charge on any atom is -0.378 e. The van der Waals surface area contributed by atoms with Gasteiger partial charge in [-0.3, -0.25) is 0 Å². The molecule has 0 aromatic heterocycles. The Morgan fingerprint density at radius 2 is 1.53 bits per heavy atom. The van der Waals surface area contributed by atoms with Gasteiger partial charge < -0.3 is 4.90 Å². The number of hydrogen-bond acceptors (Lipinski definition) is 1. The minimum absolute atomic E-state index is 1.00. The van der Waals surface area contributed by atoms with Crippen molar-refractivity contribution in [3.05, 3.63) is 65.2 Å². The molecule has 0 N–H and O–H groups in total. The summed E-state index contributed by atoms with van der Waals surface area (Å²) in [6.45, 7) is 2.14. The zero-order chi connectivity index (χ0) is 12.3. The van der Waals surface area contributed by atoms with Crippen LogP contribution in [0, 0.1) is 6.92 Å². The maximum atomic E-state index is 2.25. The Morgan fingerprint density at radius 3 is 2.18 bits per heavy atom. The van der Waals surface area contributed by atoms with Gasteiger partial charge in [0.05, 0.1) is 0 Å². The largest absolute Gasteiger partial charge is 0.378 e. The van der Waals surface area contributed by atoms with Crippen LogP contribution in [0.5, 0.6) is 0 Å². The lowest BCUT2D eigenvalue weighted by Gasteiger charge is -2.13. The van der Waals surface area contributed by atoms with Crippen molar-refractivity contribution in [2.24, 2.45) is 0 Å². The highest BCUT2D eigenvalue weighted by Gasteiger charge is 1.99. The Balaban J connectivity index is 2.21. The molecule has 0 spiro atoms. The van der Waals surface area contributed by atoms with Crippen LogP contribution in [-0.2, 0) is 6.42 Å². The molecule has 2 aromatic carbocycles. The standard InChI is InChI=1S/C16H19N/c1-13-6-4-7-14(10-13)11-15-8-5-9-16(12-15)17(2)3/h4-10,12H,11H2,1-3H3. The van der Waals surface area contributed by atoms with Crippen molar-refractivity contribution >= 4 is 5.69 Å². The van der Waals surface area contributed by atoms with Crippen LogP contribution in [0.25, 0.3) is 0 Å². The predicted octanol–water partition coefficient (Wildman–Crippen LogP) is 3.65. The van der Waals surface area contributed by atoms with E-state index in [9.17, 15) is 0 Å². The number of hydrogen-bond donors (Lipinski definition) is 0. The van der Waals surface area contributed by atoms with E-state index in [1.54, 1.807) is 0 Å². The van der Waals surface area contributed by atoms with Crippen LogP contribution < -0.4 is 4.90 Å². The van der Waals surface area contributed by atoms with Crippen LogP contribution in [0.1, 0.15) is 16.7 Å². The van der Waals surface area contributed by atoms with E-state index < -0.39 is 0 Å². The molecule has 0 bridgehead atoms. The van der Waals surface area contributed by atoms with E-state index in [-0.39, 0.29) is 0 Å². The van der Waals surface area contributed by atoms with Gasteiger partial charge in [-0.05, 0) is 36.6 Å². The molecule has 0 aliphatic rings. The molecule has 88 valence electrons. The molecule has 1 nitrogen and oxygen atoms in total. The third-order valence-electron chi connectivity index (χ3n) is 2.92. The van der Waals surface area contributed by atoms with Crippen LogP contribution in [-0.4, -0.2) is 14.1 Å². The third-order valence-corrected chi connectivity index (χ3v) is 2.92. The van der Waals surface area contributed by atoms with E-state index in [4.69, 9.17) is 0 Å². The van der Waals surface area contributed by atoms with Gasteiger partial charge in [0.1, 0.15) is 0 Å². The number of rotatable bonds is 3. The van der Waals surface area contributed by atoms with Gasteiger partial charge in [0.25, 0.3) is 0 Å². The fraction of sp³-hybridized carbons (Fsp3) is 0.250. The molecule has 2 rings (SSSR count). The first-order chi connectivity index (χ1) is 8.15. The molecular weight excluding hydrogens is 206 g/mol. The van der Waals surface area contributed by atoms with Gasteiger partial charge in [0, 0.05) is 19.8 Å². The van der Waals surface area contributed by atoms with Gasteiger partial charge in [0.15, 0.2) is 0 Å². The molecule has 0 heterocycles. The highest BCUT2D eigenvalue weighted by atomic mass is 15.1. The summed E-state index contributed by atoms with van der Waals surface area (Å²) in [7, 11) is 4.15. The highest BCUT2D eigenvalue weighted by molar-refractivity contribution is 5.48. The first-order valence-electron chi connectivity index (χ1n) is 5.97. The molecular formula is C16H19N. The van der Waals surface area contributed by atoms with Gasteiger partial charge in [-0.1, -0.05) is 42.0 Å². The fourth-order valence-electron chi connectivity index (χ4n) is 2.00. The monoisotopic (exact) mass is 225 g/mol. The average molecular weight is 225 g/mol. The summed E-state index contributed by atoms with van der Waals surface area (Å²) >= 11 is 0. The zero-order valence-corrected chi connectivity index (χ0v) is 10.8. The van der Waals surface area contributed by atoms with Crippen LogP contribution in [0.2, 0.25) is 0 Å². The van der Waals surface area contributed by atoms with Crippen molar-refractivity contribution in [1.29, 1.82) is 0 Å². The van der Waals surface area contributed by atoms with Crippen molar-refractivity contribution in [2.45, 2.75) is 13.3 Å². The van der Waals surface area contributed by atoms with E-state index in [1.165, 1.54) is 22.4 Å². The second-order valence-electron chi connectivity index (χ2n) is 4.73. The fourth-order valence-corrected chi connectivity index (χ4v) is 2.00. The lowest BCUT2D eigenvalue weighted by Crippen LogP contribution is -2.08. The Hall–Kier alpha value is -1.76. The molecule has 0 aliphatic carbocycles. The first kappa shape index (κ1) is 11.7. The molecule has 2 aromatic rings. The maximum Gasteiger partial charge on any atom is 0.0363 e. The van der Waals surface area contributed by atoms with Crippen LogP contribution in [0.15, 0.2) is 48.5 Å². The second-order valence-corrected chi connectivity index (χ2v) is 4.73. The minimum atomic E-state index is 1.00. The summed E-state index contributed by atoms with van der Waals surface area (Å²) in [5.41, 5.74) is 5.32. The maximum absolute atomic E-state index is 2.25. The van der Waals surface area contributed by atoms with Gasteiger partial charge in [-0.2, -0.15) is 0 Å². The second kappa shape index (κ2) is 5.05. The summed E-state index contributed by atoms with van der Waals surface area (Å²) in [6.07, 6.45) is 1.00. The van der Waals surface area contributed by atoms with Gasteiger partial charge in [-0.15, -0.1) is 0 Å². The van der Waals surface area contributed by atoms with E-state index in [1.807, 2.05) is 0 Å². The number of aryl methyl sites for hydroxylation is 1. The number of benzene rings is 2. The summed E-state index contributed by atoms with van der Waals surface area (Å²) in [5.74, 6) is 0.